The Hall–Kier alpha value is -4.96. The highest BCUT2D eigenvalue weighted by molar-refractivity contribution is 6.00. The number of amides is 4. The van der Waals surface area contributed by atoms with Crippen molar-refractivity contribution < 1.29 is 19.5 Å². The number of nitrogens with one attached hydrogen (secondary N) is 2. The normalized spacial score (nSPS) is 13.9. The maximum absolute atomic E-state index is 14.5. The zero-order chi connectivity index (χ0) is 34.9. The Labute approximate surface area is 289 Å². The van der Waals surface area contributed by atoms with Gasteiger partial charge in [0.2, 0.25) is 0 Å². The summed E-state index contributed by atoms with van der Waals surface area (Å²) in [4.78, 5) is 44.7. The van der Waals surface area contributed by atoms with E-state index in [9.17, 15) is 19.5 Å². The third-order valence-corrected chi connectivity index (χ3v) is 9.03. The molecule has 2 heterocycles. The highest BCUT2D eigenvalue weighted by atomic mass is 16.3. The highest BCUT2D eigenvalue weighted by Gasteiger charge is 2.32. The van der Waals surface area contributed by atoms with Crippen molar-refractivity contribution in [3.05, 3.63) is 112 Å². The van der Waals surface area contributed by atoms with Gasteiger partial charge in [-0.2, -0.15) is 5.10 Å². The number of aryl methyl sites for hydroxylation is 2. The predicted molar refractivity (Wildman–Crippen MR) is 192 cm³/mol. The fraction of sp³-hybridized carbons (Fsp3) is 0.385. The van der Waals surface area contributed by atoms with Crippen LogP contribution < -0.4 is 10.6 Å². The van der Waals surface area contributed by atoms with Crippen LogP contribution in [0.2, 0.25) is 0 Å². The average molecular weight is 665 g/mol. The Bertz CT molecular complexity index is 1770. The minimum atomic E-state index is -0.425. The SMILES string of the molecule is CCCCN(CCCC)C(=O)c1cc(C)n(-c2ccc(NC(=O)NCc3cccc(C)c3)cc2C(=O)N2Cc3ccccc3CC2CO)n1. The molecule has 0 radical (unpaired) electrons. The van der Waals surface area contributed by atoms with E-state index in [1.807, 2.05) is 67.3 Å². The zero-order valence-electron chi connectivity index (χ0n) is 29.0. The van der Waals surface area contributed by atoms with E-state index in [4.69, 9.17) is 5.10 Å². The number of hydrogen-bond donors (Lipinski definition) is 3. The number of carbonyl (C=O) groups is 3. The van der Waals surface area contributed by atoms with Gasteiger partial charge in [-0.3, -0.25) is 9.59 Å². The number of nitrogens with zero attached hydrogens (tertiary/aromatic N) is 4. The van der Waals surface area contributed by atoms with Crippen LogP contribution in [0, 0.1) is 13.8 Å². The van der Waals surface area contributed by atoms with Crippen LogP contribution in [0.15, 0.2) is 72.8 Å². The van der Waals surface area contributed by atoms with Gasteiger partial charge < -0.3 is 25.5 Å². The average Bonchev–Trinajstić information content (AvgIpc) is 3.50. The van der Waals surface area contributed by atoms with Gasteiger partial charge in [0.1, 0.15) is 0 Å². The molecule has 5 rings (SSSR count). The highest BCUT2D eigenvalue weighted by Crippen LogP contribution is 2.29. The van der Waals surface area contributed by atoms with Gasteiger partial charge in [0, 0.05) is 37.6 Å². The first-order valence-electron chi connectivity index (χ1n) is 17.3. The lowest BCUT2D eigenvalue weighted by Crippen LogP contribution is -2.46. The number of unbranched alkanes of at least 4 members (excludes halogenated alkanes) is 2. The van der Waals surface area contributed by atoms with Gasteiger partial charge in [-0.1, -0.05) is 80.8 Å². The third-order valence-electron chi connectivity index (χ3n) is 9.03. The van der Waals surface area contributed by atoms with E-state index >= 15 is 0 Å². The van der Waals surface area contributed by atoms with Crippen LogP contribution in [0.25, 0.3) is 5.69 Å². The number of aliphatic hydroxyl groups excluding tert-OH is 1. The number of aromatic nitrogens is 2. The predicted octanol–water partition coefficient (Wildman–Crippen LogP) is 6.41. The zero-order valence-corrected chi connectivity index (χ0v) is 29.0. The summed E-state index contributed by atoms with van der Waals surface area (Å²) in [5, 5.41) is 20.9. The molecule has 10 nitrogen and oxygen atoms in total. The van der Waals surface area contributed by atoms with Crippen molar-refractivity contribution in [3.8, 4) is 5.69 Å². The molecule has 0 spiro atoms. The van der Waals surface area contributed by atoms with Gasteiger partial charge >= 0.3 is 6.03 Å². The first-order valence-corrected chi connectivity index (χ1v) is 17.3. The van der Waals surface area contributed by atoms with E-state index in [1.54, 1.807) is 33.8 Å². The molecule has 1 aliphatic heterocycles. The summed E-state index contributed by atoms with van der Waals surface area (Å²) in [7, 11) is 0. The summed E-state index contributed by atoms with van der Waals surface area (Å²) in [5.74, 6) is -0.434. The molecule has 3 N–H and O–H groups in total. The van der Waals surface area contributed by atoms with E-state index in [2.05, 4.69) is 24.5 Å². The Balaban J connectivity index is 1.48. The molecule has 10 heteroatoms. The van der Waals surface area contributed by atoms with Gasteiger partial charge in [0.15, 0.2) is 5.69 Å². The van der Waals surface area contributed by atoms with Gasteiger partial charge in [0.25, 0.3) is 11.8 Å². The molecule has 0 saturated heterocycles. The molecular formula is C39H48N6O4. The molecule has 49 heavy (non-hydrogen) atoms. The summed E-state index contributed by atoms with van der Waals surface area (Å²) in [6.45, 7) is 9.88. The van der Waals surface area contributed by atoms with Gasteiger partial charge in [-0.15, -0.1) is 0 Å². The number of anilines is 1. The van der Waals surface area contributed by atoms with Crippen LogP contribution in [0.1, 0.15) is 88.3 Å². The lowest BCUT2D eigenvalue weighted by Gasteiger charge is -2.36. The monoisotopic (exact) mass is 664 g/mol. The number of benzene rings is 3. The molecule has 0 bridgehead atoms. The third kappa shape index (κ3) is 8.56. The van der Waals surface area contributed by atoms with Crippen molar-refractivity contribution in [3.63, 3.8) is 0 Å². The Morgan fingerprint density at radius 1 is 0.918 bits per heavy atom. The van der Waals surface area contributed by atoms with Crippen molar-refractivity contribution >= 4 is 23.5 Å². The second kappa shape index (κ2) is 16.4. The number of carbonyl (C=O) groups excluding carboxylic acids is 3. The van der Waals surface area contributed by atoms with E-state index in [1.165, 1.54) is 0 Å². The first-order chi connectivity index (χ1) is 23.7. The minimum absolute atomic E-state index is 0.131. The van der Waals surface area contributed by atoms with Crippen LogP contribution in [0.3, 0.4) is 0 Å². The fourth-order valence-corrected chi connectivity index (χ4v) is 6.29. The number of urea groups is 1. The molecule has 1 aliphatic rings. The van der Waals surface area contributed by atoms with Crippen LogP contribution in [-0.4, -0.2) is 68.3 Å². The van der Waals surface area contributed by atoms with Crippen molar-refractivity contribution in [2.45, 2.75) is 78.9 Å². The van der Waals surface area contributed by atoms with Crippen molar-refractivity contribution in [1.82, 2.24) is 24.9 Å². The number of hydrogen-bond acceptors (Lipinski definition) is 5. The molecule has 3 aromatic carbocycles. The second-order valence-corrected chi connectivity index (χ2v) is 12.9. The van der Waals surface area contributed by atoms with Gasteiger partial charge in [-0.05, 0) is 74.1 Å². The molecular weight excluding hydrogens is 616 g/mol. The number of aliphatic hydroxyl groups is 1. The molecule has 0 saturated carbocycles. The standard InChI is InChI=1S/C39H48N6O4/c1-5-7-18-43(19-8-6-2)38(48)35-21-28(4)45(42-35)36-17-16-32(41-39(49)40-24-29-13-11-12-27(3)20-29)23-34(36)37(47)44-25-31-15-10-9-14-30(31)22-33(44)26-46/h9-17,20-21,23,33,46H,5-8,18-19,22,24-26H2,1-4H3,(H2,40,41,49). The van der Waals surface area contributed by atoms with Gasteiger partial charge in [-0.25, -0.2) is 9.48 Å². The molecule has 0 aliphatic carbocycles. The fourth-order valence-electron chi connectivity index (χ4n) is 6.29. The molecule has 1 aromatic heterocycles. The summed E-state index contributed by atoms with van der Waals surface area (Å²) < 4.78 is 1.63. The summed E-state index contributed by atoms with van der Waals surface area (Å²) in [6, 6.07) is 21.9. The molecule has 258 valence electrons. The van der Waals surface area contributed by atoms with Crippen molar-refractivity contribution in [1.29, 1.82) is 0 Å². The largest absolute Gasteiger partial charge is 0.394 e. The Kier molecular flexibility index (Phi) is 11.9. The maximum Gasteiger partial charge on any atom is 0.319 e. The molecule has 1 atom stereocenters. The summed E-state index contributed by atoms with van der Waals surface area (Å²) in [5.41, 5.74) is 6.44. The van der Waals surface area contributed by atoms with Crippen molar-refractivity contribution in [2.75, 3.05) is 25.0 Å². The van der Waals surface area contributed by atoms with Crippen LogP contribution in [0.4, 0.5) is 10.5 Å². The quantitative estimate of drug-likeness (QED) is 0.153. The van der Waals surface area contributed by atoms with Crippen LogP contribution >= 0.6 is 0 Å². The Morgan fingerprint density at radius 2 is 1.65 bits per heavy atom. The van der Waals surface area contributed by atoms with E-state index in [0.29, 0.717) is 60.9 Å². The molecule has 0 fully saturated rings. The van der Waals surface area contributed by atoms with E-state index < -0.39 is 12.1 Å². The minimum Gasteiger partial charge on any atom is -0.394 e. The van der Waals surface area contributed by atoms with Gasteiger partial charge in [0.05, 0.1) is 23.9 Å². The lowest BCUT2D eigenvalue weighted by atomic mass is 9.93. The number of rotatable bonds is 13. The summed E-state index contributed by atoms with van der Waals surface area (Å²) >= 11 is 0. The molecule has 1 unspecified atom stereocenters. The van der Waals surface area contributed by atoms with E-state index in [-0.39, 0.29) is 18.4 Å². The Morgan fingerprint density at radius 3 is 2.35 bits per heavy atom. The molecule has 4 aromatic rings. The second-order valence-electron chi connectivity index (χ2n) is 12.9. The van der Waals surface area contributed by atoms with Crippen LogP contribution in [-0.2, 0) is 19.5 Å². The molecule has 4 amide bonds. The van der Waals surface area contributed by atoms with Crippen molar-refractivity contribution in [2.24, 2.45) is 0 Å². The van der Waals surface area contributed by atoms with Crippen LogP contribution in [0.5, 0.6) is 0 Å². The van der Waals surface area contributed by atoms with E-state index in [0.717, 1.165) is 47.9 Å². The summed E-state index contributed by atoms with van der Waals surface area (Å²) in [6.07, 6.45) is 4.31. The maximum atomic E-state index is 14.5. The number of fused-ring (bicyclic) bond motifs is 1. The smallest absolute Gasteiger partial charge is 0.319 e. The lowest BCUT2D eigenvalue weighted by molar-refractivity contribution is 0.0544. The first kappa shape index (κ1) is 35.3. The topological polar surface area (TPSA) is 120 Å².